The Morgan fingerprint density at radius 3 is 0.769 bits per heavy atom. The van der Waals surface area contributed by atoms with Crippen LogP contribution in [0.5, 0.6) is 0 Å². The zero-order chi connectivity index (χ0) is 73.0. The molecule has 0 saturated heterocycles. The van der Waals surface area contributed by atoms with Crippen molar-refractivity contribution in [1.82, 2.24) is 9.13 Å². The molecule has 0 aliphatic heterocycles. The fourth-order valence-corrected chi connectivity index (χ4v) is 18.5. The first kappa shape index (κ1) is 69.2. The maximum absolute atomic E-state index is 6.83. The van der Waals surface area contributed by atoms with E-state index in [0.29, 0.717) is 44.5 Å². The second-order valence-corrected chi connectivity index (χ2v) is 30.0. The molecule has 0 aliphatic carbocycles. The fraction of sp³-hybridized carbons (Fsp3) is 0. The third kappa shape index (κ3) is 10.3. The van der Waals surface area contributed by atoms with Crippen molar-refractivity contribution in [2.45, 2.75) is 0 Å². The molecule has 40 radical (unpaired) electrons. The first-order chi connectivity index (χ1) is 49.7. The summed E-state index contributed by atoms with van der Waals surface area (Å²) >= 11 is 11.9. The van der Waals surface area contributed by atoms with Gasteiger partial charge in [0.15, 0.2) is 0 Å². The molecule has 0 saturated carbocycles. The van der Waals surface area contributed by atoms with E-state index in [1.54, 1.807) is 22.7 Å². The molecule has 4 aromatic heterocycles. The first-order valence-electron chi connectivity index (χ1n) is 32.4. The molecular formula is C78H26B20Br2N2S2. The predicted molar refractivity (Wildman–Crippen MR) is 477 cm³/mol. The lowest BCUT2D eigenvalue weighted by molar-refractivity contribution is 1.12. The molecule has 4 heterocycles. The molecule has 0 atom stereocenters. The van der Waals surface area contributed by atoms with E-state index in [1.165, 1.54) is 0 Å². The molecule has 26 heteroatoms. The largest absolute Gasteiger partial charge is 0.308 e. The molecule has 17 aromatic rings. The van der Waals surface area contributed by atoms with Crippen molar-refractivity contribution in [2.24, 2.45) is 0 Å². The van der Waals surface area contributed by atoms with E-state index in [-0.39, 0.29) is 109 Å². The van der Waals surface area contributed by atoms with Gasteiger partial charge in [0.2, 0.25) is 0 Å². The number of hydrogen-bond donors (Lipinski definition) is 0. The third-order valence-corrected chi connectivity index (χ3v) is 24.1. The van der Waals surface area contributed by atoms with Gasteiger partial charge in [0.05, 0.1) is 33.4 Å². The lowest BCUT2D eigenvalue weighted by Gasteiger charge is -2.24. The first-order valence-corrected chi connectivity index (χ1v) is 35.6. The summed E-state index contributed by atoms with van der Waals surface area (Å²) in [6.45, 7) is 0. The van der Waals surface area contributed by atoms with Gasteiger partial charge in [0.1, 0.15) is 157 Å². The lowest BCUT2D eigenvalue weighted by Crippen LogP contribution is -2.55. The highest BCUT2D eigenvalue weighted by Gasteiger charge is 2.27. The lowest BCUT2D eigenvalue weighted by atomic mass is 9.59. The van der Waals surface area contributed by atoms with Gasteiger partial charge in [-0.3, -0.25) is 0 Å². The molecule has 0 spiro atoms. The van der Waals surface area contributed by atoms with Crippen LogP contribution >= 0.6 is 54.5 Å². The van der Waals surface area contributed by atoms with Gasteiger partial charge >= 0.3 is 0 Å². The minimum absolute atomic E-state index is 0.0710. The highest BCUT2D eigenvalue weighted by Crippen LogP contribution is 2.49. The summed E-state index contributed by atoms with van der Waals surface area (Å²) in [5.41, 5.74) is 14.1. The zero-order valence-electron chi connectivity index (χ0n) is 55.0. The van der Waals surface area contributed by atoms with Crippen LogP contribution < -0.4 is 109 Å². The van der Waals surface area contributed by atoms with Crippen LogP contribution in [0.25, 0.3) is 162 Å². The molecule has 13 aromatic carbocycles. The van der Waals surface area contributed by atoms with Crippen molar-refractivity contribution in [3.8, 4) is 78.1 Å². The number of thiophene rings is 2. The van der Waals surface area contributed by atoms with E-state index in [1.807, 2.05) is 36.4 Å². The predicted octanol–water partition coefficient (Wildman–Crippen LogP) is 0.0196. The Labute approximate surface area is 652 Å². The maximum atomic E-state index is 6.83. The molecule has 2 nitrogen and oxygen atoms in total. The average Bonchev–Trinajstić information content (AvgIpc) is 1.54. The average molecular weight is 1430 g/mol. The summed E-state index contributed by atoms with van der Waals surface area (Å²) in [6, 6.07) is 54.3. The Morgan fingerprint density at radius 2 is 0.471 bits per heavy atom. The second-order valence-electron chi connectivity index (χ2n) is 26.1. The van der Waals surface area contributed by atoms with E-state index < -0.39 is 0 Å². The van der Waals surface area contributed by atoms with Crippen molar-refractivity contribution in [2.75, 3.05) is 0 Å². The SMILES string of the molecule is [B]c1c([B])c([B])c(-c2cc(-c3ccc4c(c3)c3c5c(ccc3n4-c3cc(Br)c(-n4c6ccc(-c7cc(-c8c([B])c([B])c([B])c([B])c8[B])cc(-c8c([B])c([B])c([B])c([B])c8[B])c7)cc6c6c7c(ccc64)sc4ccccc47)cc3Br)sc3ccccc35)cc(-c3c([B])c([B])c([B])c([B])c3[B])c2)c([B])c1[B]. The van der Waals surface area contributed by atoms with Gasteiger partial charge < -0.3 is 9.13 Å². The van der Waals surface area contributed by atoms with E-state index in [4.69, 9.17) is 157 Å². The topological polar surface area (TPSA) is 9.86 Å². The summed E-state index contributed by atoms with van der Waals surface area (Å²) in [4.78, 5) is 0. The van der Waals surface area contributed by atoms with E-state index in [0.717, 1.165) is 127 Å². The Morgan fingerprint density at radius 1 is 0.212 bits per heavy atom. The summed E-state index contributed by atoms with van der Waals surface area (Å²) < 4.78 is 10.7. The summed E-state index contributed by atoms with van der Waals surface area (Å²) in [6.07, 6.45) is 0. The molecule has 0 N–H and O–H groups in total. The summed E-state index contributed by atoms with van der Waals surface area (Å²) in [5.74, 6) is 0. The van der Waals surface area contributed by atoms with Gasteiger partial charge in [0.25, 0.3) is 0 Å². The molecule has 17 rings (SSSR count). The van der Waals surface area contributed by atoms with Crippen LogP contribution in [-0.4, -0.2) is 166 Å². The van der Waals surface area contributed by atoms with Gasteiger partial charge in [-0.15, -0.1) is 88.2 Å². The Kier molecular flexibility index (Phi) is 16.9. The smallest absolute Gasteiger partial charge is 0.113 e. The summed E-state index contributed by atoms with van der Waals surface area (Å²) in [7, 11) is 132. The maximum Gasteiger partial charge on any atom is 0.113 e. The minimum Gasteiger partial charge on any atom is -0.308 e. The number of hydrogen-bond acceptors (Lipinski definition) is 2. The molecule has 434 valence electrons. The van der Waals surface area contributed by atoms with Crippen molar-refractivity contribution < 1.29 is 0 Å². The molecule has 104 heavy (non-hydrogen) atoms. The van der Waals surface area contributed by atoms with Crippen molar-refractivity contribution >= 4 is 405 Å². The van der Waals surface area contributed by atoms with Gasteiger partial charge in [-0.2, -0.15) is 0 Å². The van der Waals surface area contributed by atoms with Crippen LogP contribution in [0.2, 0.25) is 0 Å². The van der Waals surface area contributed by atoms with Gasteiger partial charge in [0, 0.05) is 70.8 Å². The van der Waals surface area contributed by atoms with E-state index >= 15 is 0 Å². The third-order valence-electron chi connectivity index (χ3n) is 20.5. The summed E-state index contributed by atoms with van der Waals surface area (Å²) in [5, 5.41) is 8.41. The van der Waals surface area contributed by atoms with Crippen molar-refractivity contribution in [3.63, 3.8) is 0 Å². The monoisotopic (exact) mass is 1430 g/mol. The Bertz CT molecular complexity index is 6100. The number of fused-ring (bicyclic) bond motifs is 14. The van der Waals surface area contributed by atoms with Gasteiger partial charge in [-0.1, -0.05) is 92.2 Å². The fourth-order valence-electron chi connectivity index (χ4n) is 15.2. The van der Waals surface area contributed by atoms with Crippen molar-refractivity contribution in [1.29, 1.82) is 0 Å². The van der Waals surface area contributed by atoms with Crippen LogP contribution in [0, 0.1) is 0 Å². The van der Waals surface area contributed by atoms with Gasteiger partial charge in [-0.25, -0.2) is 0 Å². The van der Waals surface area contributed by atoms with E-state index in [2.05, 4.69) is 162 Å². The molecule has 0 unspecified atom stereocenters. The molecule has 0 amide bonds. The molecule has 0 fully saturated rings. The zero-order valence-corrected chi connectivity index (χ0v) is 59.8. The number of benzene rings is 13. The van der Waals surface area contributed by atoms with Crippen LogP contribution in [0.4, 0.5) is 0 Å². The number of aromatic nitrogens is 2. The normalized spacial score (nSPS) is 11.9. The second kappa shape index (κ2) is 25.4. The quantitative estimate of drug-likeness (QED) is 0.191. The molecular weight excluding hydrogens is 1410 g/mol. The minimum atomic E-state index is 0.0710. The molecule has 0 bridgehead atoms. The number of nitrogens with zero attached hydrogens (tertiary/aromatic N) is 2. The Balaban J connectivity index is 0.893. The van der Waals surface area contributed by atoms with Crippen LogP contribution in [0.1, 0.15) is 0 Å². The number of halogens is 2. The number of rotatable bonds is 8. The van der Waals surface area contributed by atoms with Gasteiger partial charge in [-0.05, 0) is 208 Å². The highest BCUT2D eigenvalue weighted by molar-refractivity contribution is 9.11. The standard InChI is InChI=1S/C78H26B20Br2N2S2/c79-59-51(60(80)68(88)75(95)67(59)87)31-17-29(18-32(21-31)52-61(81)69(89)76(96)70(90)62(52)82)27-9-11-41-37(23-27)55-43(13-15-49-57(55)35-5-1-3-7-47(35)103-49)101(41)45-25-40(100)46(26-39(45)99)102-42-12-10-28(24-38(42)56-44(102)14-16-50-58(56)36-6-2-4-8-48(36)104-50)30-19-33(53-63(83)71(91)77(97)72(92)64(53)84)22-34(20-30)54-65(85)73(93)78(98)74(94)66(54)86/h1-26H. The van der Waals surface area contributed by atoms with Crippen LogP contribution in [0.15, 0.2) is 167 Å². The Hall–Kier alpha value is -7.84. The van der Waals surface area contributed by atoms with Crippen molar-refractivity contribution in [3.05, 3.63) is 167 Å². The highest BCUT2D eigenvalue weighted by atomic mass is 79.9. The molecule has 0 aliphatic rings. The van der Waals surface area contributed by atoms with Crippen LogP contribution in [0.3, 0.4) is 0 Å². The van der Waals surface area contributed by atoms with E-state index in [9.17, 15) is 0 Å². The van der Waals surface area contributed by atoms with Crippen LogP contribution in [-0.2, 0) is 0 Å².